The average Bonchev–Trinajstić information content (AvgIpc) is 3.15. The number of hydrogen-bond donors (Lipinski definition) is 0. The Hall–Kier alpha value is -1.49. The SMILES string of the molecule is CC(C)c1cccc(C(C)C)c1N1C=CN(c2c(C(C)C)cccc2C(C)C)C1.I. The van der Waals surface area contributed by atoms with Crippen LogP contribution in [-0.4, -0.2) is 6.67 Å². The van der Waals surface area contributed by atoms with Crippen LogP contribution in [0, 0.1) is 0 Å². The maximum atomic E-state index is 2.45. The van der Waals surface area contributed by atoms with Crippen molar-refractivity contribution >= 4 is 35.4 Å². The molecule has 3 rings (SSSR count). The molecule has 164 valence electrons. The minimum Gasteiger partial charge on any atom is -0.327 e. The largest absolute Gasteiger partial charge is 0.327 e. The fourth-order valence-corrected chi connectivity index (χ4v) is 4.40. The molecule has 0 fully saturated rings. The van der Waals surface area contributed by atoms with Crippen LogP contribution in [0.15, 0.2) is 48.8 Å². The van der Waals surface area contributed by atoms with Crippen molar-refractivity contribution < 1.29 is 0 Å². The summed E-state index contributed by atoms with van der Waals surface area (Å²) in [5, 5.41) is 0. The van der Waals surface area contributed by atoms with E-state index in [1.54, 1.807) is 0 Å². The second-order valence-electron chi connectivity index (χ2n) is 9.57. The number of benzene rings is 2. The molecule has 0 aromatic heterocycles. The van der Waals surface area contributed by atoms with Gasteiger partial charge in [-0.15, -0.1) is 24.0 Å². The second-order valence-corrected chi connectivity index (χ2v) is 9.57. The van der Waals surface area contributed by atoms with Crippen molar-refractivity contribution in [3.05, 3.63) is 71.1 Å². The Balaban J connectivity index is 0.00000320. The third kappa shape index (κ3) is 4.87. The van der Waals surface area contributed by atoms with Gasteiger partial charge in [0.2, 0.25) is 0 Å². The zero-order valence-electron chi connectivity index (χ0n) is 19.9. The van der Waals surface area contributed by atoms with Crippen LogP contribution in [0.3, 0.4) is 0 Å². The predicted molar refractivity (Wildman–Crippen MR) is 144 cm³/mol. The highest BCUT2D eigenvalue weighted by molar-refractivity contribution is 14.0. The first-order valence-electron chi connectivity index (χ1n) is 11.2. The van der Waals surface area contributed by atoms with Crippen LogP contribution in [0.4, 0.5) is 11.4 Å². The van der Waals surface area contributed by atoms with Crippen molar-refractivity contribution in [2.75, 3.05) is 16.5 Å². The van der Waals surface area contributed by atoms with Crippen LogP contribution in [0.2, 0.25) is 0 Å². The Bertz CT molecular complexity index is 756. The van der Waals surface area contributed by atoms with Crippen LogP contribution < -0.4 is 9.80 Å². The van der Waals surface area contributed by atoms with Crippen molar-refractivity contribution in [2.24, 2.45) is 0 Å². The summed E-state index contributed by atoms with van der Waals surface area (Å²) in [7, 11) is 0. The van der Waals surface area contributed by atoms with Crippen LogP contribution in [0.25, 0.3) is 0 Å². The first-order chi connectivity index (χ1) is 13.7. The molecule has 0 radical (unpaired) electrons. The summed E-state index contributed by atoms with van der Waals surface area (Å²) in [6.07, 6.45) is 4.54. The fraction of sp³-hybridized carbons (Fsp3) is 0.481. The van der Waals surface area contributed by atoms with Gasteiger partial charge in [-0.25, -0.2) is 0 Å². The van der Waals surface area contributed by atoms with E-state index in [9.17, 15) is 0 Å². The van der Waals surface area contributed by atoms with Crippen LogP contribution in [0.5, 0.6) is 0 Å². The topological polar surface area (TPSA) is 6.48 Å². The molecule has 1 heterocycles. The first kappa shape index (κ1) is 24.8. The van der Waals surface area contributed by atoms with Gasteiger partial charge in [0.05, 0.1) is 6.67 Å². The summed E-state index contributed by atoms with van der Waals surface area (Å²) in [5.41, 5.74) is 8.52. The Kier molecular flexibility index (Phi) is 8.43. The van der Waals surface area contributed by atoms with Crippen LogP contribution in [-0.2, 0) is 0 Å². The van der Waals surface area contributed by atoms with E-state index in [4.69, 9.17) is 0 Å². The molecule has 0 aliphatic carbocycles. The van der Waals surface area contributed by atoms with Crippen molar-refractivity contribution in [3.63, 3.8) is 0 Å². The highest BCUT2D eigenvalue weighted by Crippen LogP contribution is 2.40. The average molecular weight is 519 g/mol. The minimum absolute atomic E-state index is 0. The molecule has 0 amide bonds. The molecule has 1 aliphatic rings. The van der Waals surface area contributed by atoms with E-state index in [0.717, 1.165) is 6.67 Å². The standard InChI is InChI=1S/C27H38N2.HI/c1-18(2)22-11-9-12-23(19(3)4)26(22)28-15-16-29(17-28)27-24(20(5)6)13-10-14-25(27)21(7)8;/h9-16,18-21H,17H2,1-8H3;1H. The first-order valence-corrected chi connectivity index (χ1v) is 11.2. The van der Waals surface area contributed by atoms with Gasteiger partial charge in [-0.1, -0.05) is 91.8 Å². The van der Waals surface area contributed by atoms with E-state index < -0.39 is 0 Å². The van der Waals surface area contributed by atoms with Gasteiger partial charge in [-0.2, -0.15) is 0 Å². The van der Waals surface area contributed by atoms with Gasteiger partial charge in [-0.3, -0.25) is 0 Å². The van der Waals surface area contributed by atoms with E-state index in [2.05, 4.69) is 114 Å². The number of para-hydroxylation sites is 2. The fourth-order valence-electron chi connectivity index (χ4n) is 4.40. The molecule has 0 unspecified atom stereocenters. The van der Waals surface area contributed by atoms with Crippen molar-refractivity contribution in [1.82, 2.24) is 0 Å². The molecule has 2 aromatic rings. The lowest BCUT2D eigenvalue weighted by molar-refractivity contribution is 0.803. The van der Waals surface area contributed by atoms with Gasteiger partial charge >= 0.3 is 0 Å². The summed E-state index contributed by atoms with van der Waals surface area (Å²) in [6, 6.07) is 13.6. The number of hydrogen-bond acceptors (Lipinski definition) is 2. The lowest BCUT2D eigenvalue weighted by atomic mass is 9.91. The van der Waals surface area contributed by atoms with Gasteiger partial charge in [0, 0.05) is 23.8 Å². The Morgan fingerprint density at radius 2 is 0.800 bits per heavy atom. The summed E-state index contributed by atoms with van der Waals surface area (Å²) >= 11 is 0. The molecule has 0 N–H and O–H groups in total. The molecule has 0 atom stereocenters. The van der Waals surface area contributed by atoms with Gasteiger partial charge in [-0.05, 0) is 45.9 Å². The molecule has 0 bridgehead atoms. The zero-order valence-corrected chi connectivity index (χ0v) is 22.3. The predicted octanol–water partition coefficient (Wildman–Crippen LogP) is 8.55. The highest BCUT2D eigenvalue weighted by Gasteiger charge is 2.26. The summed E-state index contributed by atoms with van der Waals surface area (Å²) in [6.45, 7) is 19.2. The molecular weight excluding hydrogens is 479 g/mol. The third-order valence-corrected chi connectivity index (χ3v) is 5.99. The van der Waals surface area contributed by atoms with Gasteiger partial charge in [0.25, 0.3) is 0 Å². The zero-order chi connectivity index (χ0) is 21.3. The summed E-state index contributed by atoms with van der Waals surface area (Å²) in [5.74, 6) is 2.00. The molecule has 0 saturated heterocycles. The monoisotopic (exact) mass is 518 g/mol. The molecule has 3 heteroatoms. The second kappa shape index (κ2) is 10.2. The lowest BCUT2D eigenvalue weighted by Gasteiger charge is -2.31. The van der Waals surface area contributed by atoms with Crippen LogP contribution >= 0.6 is 24.0 Å². The molecule has 0 saturated carbocycles. The van der Waals surface area contributed by atoms with Crippen molar-refractivity contribution in [1.29, 1.82) is 0 Å². The number of rotatable bonds is 6. The smallest absolute Gasteiger partial charge is 0.0989 e. The lowest BCUT2D eigenvalue weighted by Crippen LogP contribution is -2.28. The third-order valence-electron chi connectivity index (χ3n) is 5.99. The Labute approximate surface area is 201 Å². The van der Waals surface area contributed by atoms with Crippen molar-refractivity contribution in [3.8, 4) is 0 Å². The molecule has 2 nitrogen and oxygen atoms in total. The van der Waals surface area contributed by atoms with E-state index in [1.807, 2.05) is 0 Å². The minimum atomic E-state index is 0. The van der Waals surface area contributed by atoms with E-state index in [1.165, 1.54) is 33.6 Å². The molecule has 1 aliphatic heterocycles. The number of halogens is 1. The van der Waals surface area contributed by atoms with Gasteiger partial charge < -0.3 is 9.80 Å². The molecule has 0 spiro atoms. The molecule has 30 heavy (non-hydrogen) atoms. The number of nitrogens with zero attached hydrogens (tertiary/aromatic N) is 2. The number of anilines is 2. The Morgan fingerprint density at radius 3 is 1.03 bits per heavy atom. The normalized spacial score (nSPS) is 13.9. The quantitative estimate of drug-likeness (QED) is 0.354. The Morgan fingerprint density at radius 1 is 0.533 bits per heavy atom. The van der Waals surface area contributed by atoms with Gasteiger partial charge in [0.1, 0.15) is 0 Å². The van der Waals surface area contributed by atoms with Gasteiger partial charge in [0.15, 0.2) is 0 Å². The maximum absolute atomic E-state index is 2.45. The van der Waals surface area contributed by atoms with Crippen molar-refractivity contribution in [2.45, 2.75) is 79.1 Å². The van der Waals surface area contributed by atoms with E-state index in [-0.39, 0.29) is 24.0 Å². The summed E-state index contributed by atoms with van der Waals surface area (Å²) < 4.78 is 0. The highest BCUT2D eigenvalue weighted by atomic mass is 127. The molecule has 2 aromatic carbocycles. The maximum Gasteiger partial charge on any atom is 0.0989 e. The van der Waals surface area contributed by atoms with Crippen LogP contribution in [0.1, 0.15) is 101 Å². The summed E-state index contributed by atoms with van der Waals surface area (Å²) in [4.78, 5) is 4.90. The molecular formula is C27H39IN2. The van der Waals surface area contributed by atoms with E-state index >= 15 is 0 Å². The van der Waals surface area contributed by atoms with E-state index in [0.29, 0.717) is 23.7 Å².